The maximum atomic E-state index is 12.5. The second-order valence-corrected chi connectivity index (χ2v) is 7.65. The molecule has 7 nitrogen and oxygen atoms in total. The summed E-state index contributed by atoms with van der Waals surface area (Å²) in [5.41, 5.74) is 6.29. The van der Waals surface area contributed by atoms with E-state index in [2.05, 4.69) is 51.0 Å². The van der Waals surface area contributed by atoms with Gasteiger partial charge in [0.25, 0.3) is 5.91 Å². The first-order valence-corrected chi connectivity index (χ1v) is 9.92. The van der Waals surface area contributed by atoms with Crippen molar-refractivity contribution in [2.45, 2.75) is 27.7 Å². The van der Waals surface area contributed by atoms with E-state index in [9.17, 15) is 4.79 Å². The zero-order chi connectivity index (χ0) is 20.5. The third kappa shape index (κ3) is 3.66. The zero-order valence-electron chi connectivity index (χ0n) is 16.6. The van der Waals surface area contributed by atoms with Crippen molar-refractivity contribution in [2.75, 3.05) is 5.32 Å². The topological polar surface area (TPSA) is 85.6 Å². The summed E-state index contributed by atoms with van der Waals surface area (Å²) in [7, 11) is 0. The molecule has 8 heteroatoms. The Labute approximate surface area is 172 Å². The van der Waals surface area contributed by atoms with Gasteiger partial charge in [-0.25, -0.2) is 4.68 Å². The van der Waals surface area contributed by atoms with Gasteiger partial charge in [0.2, 0.25) is 5.13 Å². The Morgan fingerprint density at radius 1 is 1.00 bits per heavy atom. The van der Waals surface area contributed by atoms with Crippen LogP contribution in [0.25, 0.3) is 17.2 Å². The zero-order valence-corrected chi connectivity index (χ0v) is 17.4. The summed E-state index contributed by atoms with van der Waals surface area (Å²) >= 11 is 1.12. The fourth-order valence-electron chi connectivity index (χ4n) is 3.00. The molecule has 1 N–H and O–H groups in total. The number of nitrogens with one attached hydrogen (secondary N) is 1. The predicted molar refractivity (Wildman–Crippen MR) is 114 cm³/mol. The average molecular weight is 404 g/mol. The summed E-state index contributed by atoms with van der Waals surface area (Å²) in [5, 5.41) is 11.8. The quantitative estimate of drug-likeness (QED) is 0.549. The Kier molecular flexibility index (Phi) is 4.94. The lowest BCUT2D eigenvalue weighted by atomic mass is 10.1. The molecule has 146 valence electrons. The molecule has 0 aliphatic rings. The van der Waals surface area contributed by atoms with E-state index < -0.39 is 0 Å². The van der Waals surface area contributed by atoms with E-state index in [0.717, 1.165) is 28.5 Å². The molecule has 1 amide bonds. The molecule has 29 heavy (non-hydrogen) atoms. The van der Waals surface area contributed by atoms with Crippen molar-refractivity contribution in [2.24, 2.45) is 0 Å². The van der Waals surface area contributed by atoms with E-state index >= 15 is 0 Å². The molecule has 0 aliphatic heterocycles. The number of carbonyl (C=O) groups excluding carboxylic acids is 1. The van der Waals surface area contributed by atoms with E-state index in [1.165, 1.54) is 11.1 Å². The van der Waals surface area contributed by atoms with E-state index in [1.807, 2.05) is 38.1 Å². The van der Waals surface area contributed by atoms with Crippen molar-refractivity contribution in [1.82, 2.24) is 24.4 Å². The maximum absolute atomic E-state index is 12.5. The summed E-state index contributed by atoms with van der Waals surface area (Å²) in [4.78, 5) is 16.9. The van der Waals surface area contributed by atoms with Crippen molar-refractivity contribution in [3.05, 3.63) is 70.4 Å². The van der Waals surface area contributed by atoms with Crippen molar-refractivity contribution in [3.8, 4) is 17.2 Å². The molecule has 0 bridgehead atoms. The second-order valence-electron chi connectivity index (χ2n) is 6.90. The van der Waals surface area contributed by atoms with E-state index in [4.69, 9.17) is 0 Å². The van der Waals surface area contributed by atoms with Crippen LogP contribution in [-0.2, 0) is 0 Å². The van der Waals surface area contributed by atoms with Crippen LogP contribution in [0, 0.1) is 27.7 Å². The van der Waals surface area contributed by atoms with Gasteiger partial charge in [0.1, 0.15) is 0 Å². The number of hydrogen-bond donors (Lipinski definition) is 1. The van der Waals surface area contributed by atoms with Gasteiger partial charge in [-0.05, 0) is 62.6 Å². The molecule has 4 aromatic rings. The number of aromatic nitrogens is 5. The summed E-state index contributed by atoms with van der Waals surface area (Å²) in [6, 6.07) is 13.6. The third-order valence-corrected chi connectivity index (χ3v) is 5.51. The van der Waals surface area contributed by atoms with E-state index in [1.54, 1.807) is 10.7 Å². The Balaban J connectivity index is 1.59. The summed E-state index contributed by atoms with van der Waals surface area (Å²) in [6.07, 6.45) is 0. The minimum Gasteiger partial charge on any atom is -0.297 e. The minimum absolute atomic E-state index is 0.207. The lowest BCUT2D eigenvalue weighted by Crippen LogP contribution is -2.13. The summed E-state index contributed by atoms with van der Waals surface area (Å²) in [6.45, 7) is 7.97. The first kappa shape index (κ1) is 18.9. The van der Waals surface area contributed by atoms with E-state index in [0.29, 0.717) is 22.2 Å². The van der Waals surface area contributed by atoms with Gasteiger partial charge >= 0.3 is 0 Å². The molecule has 2 aromatic carbocycles. The van der Waals surface area contributed by atoms with Gasteiger partial charge in [-0.1, -0.05) is 29.5 Å². The lowest BCUT2D eigenvalue weighted by molar-refractivity contribution is 0.102. The molecule has 2 aromatic heterocycles. The number of anilines is 1. The van der Waals surface area contributed by atoms with Crippen molar-refractivity contribution in [3.63, 3.8) is 0 Å². The van der Waals surface area contributed by atoms with Gasteiger partial charge in [-0.15, -0.1) is 5.10 Å². The number of nitrogens with zero attached hydrogens (tertiary/aromatic N) is 5. The number of benzene rings is 2. The number of carbonyl (C=O) groups is 1. The minimum atomic E-state index is -0.207. The van der Waals surface area contributed by atoms with Gasteiger partial charge in [0.15, 0.2) is 11.5 Å². The molecule has 4 rings (SSSR count). The van der Waals surface area contributed by atoms with Crippen molar-refractivity contribution < 1.29 is 4.79 Å². The lowest BCUT2D eigenvalue weighted by Gasteiger charge is -2.06. The van der Waals surface area contributed by atoms with E-state index in [-0.39, 0.29) is 5.91 Å². The van der Waals surface area contributed by atoms with Crippen LogP contribution in [-0.4, -0.2) is 30.3 Å². The smallest absolute Gasteiger partial charge is 0.257 e. The molecule has 0 saturated heterocycles. The standard InChI is InChI=1S/C21H20N6OS/c1-12-9-10-16(11-14(12)3)27-15(4)18(24-26-27)19-22-21(29-25-19)23-20(28)17-8-6-5-7-13(17)2/h5-11H,1-4H3,(H,22,23,25,28). The Morgan fingerprint density at radius 2 is 1.79 bits per heavy atom. The van der Waals surface area contributed by atoms with Crippen LogP contribution in [0.3, 0.4) is 0 Å². The molecule has 2 heterocycles. The predicted octanol–water partition coefficient (Wildman–Crippen LogP) is 4.27. The fourth-order valence-corrected chi connectivity index (χ4v) is 3.57. The molecular weight excluding hydrogens is 384 g/mol. The van der Waals surface area contributed by atoms with Gasteiger partial charge in [0, 0.05) is 17.1 Å². The van der Waals surface area contributed by atoms with Crippen LogP contribution >= 0.6 is 11.5 Å². The first-order valence-electron chi connectivity index (χ1n) is 9.15. The van der Waals surface area contributed by atoms with Crippen LogP contribution < -0.4 is 5.32 Å². The van der Waals surface area contributed by atoms with Gasteiger partial charge in [0.05, 0.1) is 11.4 Å². The highest BCUT2D eigenvalue weighted by atomic mass is 32.1. The normalized spacial score (nSPS) is 10.9. The van der Waals surface area contributed by atoms with Crippen LogP contribution in [0.5, 0.6) is 0 Å². The molecule has 0 atom stereocenters. The third-order valence-electron chi connectivity index (χ3n) is 4.88. The molecule has 0 unspecified atom stereocenters. The number of aryl methyl sites for hydroxylation is 3. The Hall–Kier alpha value is -3.39. The number of hydrogen-bond acceptors (Lipinski definition) is 6. The Morgan fingerprint density at radius 3 is 2.55 bits per heavy atom. The highest BCUT2D eigenvalue weighted by molar-refractivity contribution is 7.10. The monoisotopic (exact) mass is 404 g/mol. The second kappa shape index (κ2) is 7.56. The van der Waals surface area contributed by atoms with Crippen molar-refractivity contribution in [1.29, 1.82) is 0 Å². The summed E-state index contributed by atoms with van der Waals surface area (Å²) < 4.78 is 6.13. The van der Waals surface area contributed by atoms with Crippen LogP contribution in [0.2, 0.25) is 0 Å². The van der Waals surface area contributed by atoms with Crippen LogP contribution in [0.4, 0.5) is 5.13 Å². The van der Waals surface area contributed by atoms with Crippen LogP contribution in [0.15, 0.2) is 42.5 Å². The maximum Gasteiger partial charge on any atom is 0.257 e. The molecular formula is C21H20N6OS. The largest absolute Gasteiger partial charge is 0.297 e. The average Bonchev–Trinajstić information content (AvgIpc) is 3.30. The molecule has 0 spiro atoms. The van der Waals surface area contributed by atoms with Gasteiger partial charge in [-0.2, -0.15) is 9.36 Å². The highest BCUT2D eigenvalue weighted by Gasteiger charge is 2.18. The van der Waals surface area contributed by atoms with Crippen molar-refractivity contribution >= 4 is 22.6 Å². The Bertz CT molecular complexity index is 1210. The van der Waals surface area contributed by atoms with Gasteiger partial charge in [-0.3, -0.25) is 10.1 Å². The fraction of sp³-hybridized carbons (Fsp3) is 0.190. The highest BCUT2D eigenvalue weighted by Crippen LogP contribution is 2.25. The number of amides is 1. The molecule has 0 saturated carbocycles. The molecule has 0 radical (unpaired) electrons. The SMILES string of the molecule is Cc1ccc(-n2nnc(-c3nsc(NC(=O)c4ccccc4C)n3)c2C)cc1C. The first-order chi connectivity index (χ1) is 13.9. The summed E-state index contributed by atoms with van der Waals surface area (Å²) in [5.74, 6) is 0.240. The molecule has 0 aliphatic carbocycles. The van der Waals surface area contributed by atoms with Crippen LogP contribution in [0.1, 0.15) is 32.7 Å². The van der Waals surface area contributed by atoms with Gasteiger partial charge < -0.3 is 0 Å². The molecule has 0 fully saturated rings. The number of rotatable bonds is 4.